The van der Waals surface area contributed by atoms with E-state index in [2.05, 4.69) is 30.9 Å². The Morgan fingerprint density at radius 1 is 1.29 bits per heavy atom. The smallest absolute Gasteiger partial charge is 0.212 e. The zero-order valence-corrected chi connectivity index (χ0v) is 10.8. The topological polar surface area (TPSA) is 73.9 Å². The van der Waals surface area contributed by atoms with Gasteiger partial charge in [0.05, 0.1) is 11.6 Å². The number of nitrogen functional groups attached to an aromatic ring is 1. The number of pyridine rings is 1. The van der Waals surface area contributed by atoms with Gasteiger partial charge in [0.25, 0.3) is 0 Å². The molecule has 0 atom stereocenters. The van der Waals surface area contributed by atoms with Crippen LogP contribution in [0.15, 0.2) is 29.0 Å². The number of halogens is 1. The monoisotopic (exact) mass is 294 g/mol. The van der Waals surface area contributed by atoms with Crippen LogP contribution in [0.3, 0.4) is 0 Å². The molecule has 5 nitrogen and oxygen atoms in total. The van der Waals surface area contributed by atoms with E-state index >= 15 is 0 Å². The van der Waals surface area contributed by atoms with E-state index in [1.165, 1.54) is 0 Å². The summed E-state index contributed by atoms with van der Waals surface area (Å²) in [6, 6.07) is 3.73. The molecule has 0 fully saturated rings. The summed E-state index contributed by atoms with van der Waals surface area (Å²) in [5.74, 6) is 1.69. The molecule has 0 amide bonds. The lowest BCUT2D eigenvalue weighted by atomic mass is 10.2. The van der Waals surface area contributed by atoms with Crippen molar-refractivity contribution in [3.8, 4) is 5.88 Å². The number of ether oxygens (including phenoxy) is 1. The predicted molar refractivity (Wildman–Crippen MR) is 67.7 cm³/mol. The van der Waals surface area contributed by atoms with Crippen molar-refractivity contribution in [2.75, 3.05) is 12.8 Å². The van der Waals surface area contributed by atoms with Crippen molar-refractivity contribution in [3.05, 3.63) is 40.4 Å². The third-order valence-electron chi connectivity index (χ3n) is 2.19. The van der Waals surface area contributed by atoms with Crippen molar-refractivity contribution < 1.29 is 4.74 Å². The van der Waals surface area contributed by atoms with Gasteiger partial charge in [0, 0.05) is 24.9 Å². The Labute approximate surface area is 107 Å². The first-order valence-corrected chi connectivity index (χ1v) is 5.74. The van der Waals surface area contributed by atoms with Gasteiger partial charge < -0.3 is 10.5 Å². The molecule has 0 aliphatic carbocycles. The maximum absolute atomic E-state index is 5.69. The number of anilines is 1. The minimum atomic E-state index is 0.441. The Balaban J connectivity index is 2.16. The van der Waals surface area contributed by atoms with E-state index in [0.29, 0.717) is 28.4 Å². The van der Waals surface area contributed by atoms with Gasteiger partial charge in [-0.1, -0.05) is 6.07 Å². The summed E-state index contributed by atoms with van der Waals surface area (Å²) >= 11 is 3.25. The molecule has 0 saturated heterocycles. The Kier molecular flexibility index (Phi) is 3.53. The highest BCUT2D eigenvalue weighted by Crippen LogP contribution is 2.16. The van der Waals surface area contributed by atoms with Crippen LogP contribution in [0, 0.1) is 0 Å². The summed E-state index contributed by atoms with van der Waals surface area (Å²) in [6.07, 6.45) is 3.98. The van der Waals surface area contributed by atoms with E-state index in [1.54, 1.807) is 25.6 Å². The van der Waals surface area contributed by atoms with Crippen LogP contribution in [0.4, 0.5) is 5.82 Å². The molecular weight excluding hydrogens is 284 g/mol. The maximum Gasteiger partial charge on any atom is 0.212 e. The fraction of sp³-hybridized carbons (Fsp3) is 0.182. The van der Waals surface area contributed by atoms with E-state index in [-0.39, 0.29) is 0 Å². The van der Waals surface area contributed by atoms with Gasteiger partial charge in [0.1, 0.15) is 11.6 Å². The molecule has 0 radical (unpaired) electrons. The van der Waals surface area contributed by atoms with Gasteiger partial charge in [-0.05, 0) is 21.5 Å². The summed E-state index contributed by atoms with van der Waals surface area (Å²) in [6.45, 7) is 0. The quantitative estimate of drug-likeness (QED) is 0.935. The van der Waals surface area contributed by atoms with E-state index in [4.69, 9.17) is 10.5 Å². The maximum atomic E-state index is 5.69. The Bertz CT molecular complexity index is 515. The van der Waals surface area contributed by atoms with Crippen LogP contribution in [0.1, 0.15) is 11.4 Å². The first-order valence-electron chi connectivity index (χ1n) is 4.95. The van der Waals surface area contributed by atoms with Gasteiger partial charge in [-0.15, -0.1) is 0 Å². The molecule has 0 aromatic carbocycles. The third-order valence-corrected chi connectivity index (χ3v) is 2.80. The summed E-state index contributed by atoms with van der Waals surface area (Å²) in [5, 5.41) is 0. The van der Waals surface area contributed by atoms with Gasteiger partial charge in [0.2, 0.25) is 5.88 Å². The van der Waals surface area contributed by atoms with E-state index < -0.39 is 0 Å². The Morgan fingerprint density at radius 2 is 2.12 bits per heavy atom. The van der Waals surface area contributed by atoms with Crippen LogP contribution in [0.2, 0.25) is 0 Å². The summed E-state index contributed by atoms with van der Waals surface area (Å²) in [5.41, 5.74) is 6.69. The molecule has 0 saturated carbocycles. The Hall–Kier alpha value is -1.69. The lowest BCUT2D eigenvalue weighted by Gasteiger charge is -2.03. The lowest BCUT2D eigenvalue weighted by molar-refractivity contribution is 0.397. The number of aromatic nitrogens is 3. The highest BCUT2D eigenvalue weighted by atomic mass is 79.9. The van der Waals surface area contributed by atoms with Crippen molar-refractivity contribution in [3.63, 3.8) is 0 Å². The summed E-state index contributed by atoms with van der Waals surface area (Å²) in [4.78, 5) is 12.5. The molecule has 88 valence electrons. The molecule has 6 heteroatoms. The molecule has 0 unspecified atom stereocenters. The van der Waals surface area contributed by atoms with Crippen molar-refractivity contribution in [1.29, 1.82) is 0 Å². The van der Waals surface area contributed by atoms with Crippen LogP contribution < -0.4 is 10.5 Å². The second kappa shape index (κ2) is 5.09. The second-order valence-electron chi connectivity index (χ2n) is 3.40. The van der Waals surface area contributed by atoms with E-state index in [1.807, 2.05) is 6.07 Å². The standard InChI is InChI=1S/C11H11BrN4O/c1-17-10-3-2-7(5-15-10)4-9-14-6-8(12)11(13)16-9/h2-3,5-6H,4H2,1H3,(H2,13,14,16). The third kappa shape index (κ3) is 2.91. The molecule has 2 heterocycles. The largest absolute Gasteiger partial charge is 0.481 e. The SMILES string of the molecule is COc1ccc(Cc2ncc(Br)c(N)n2)cn1. The molecular formula is C11H11BrN4O. The van der Waals surface area contributed by atoms with Gasteiger partial charge in [0.15, 0.2) is 0 Å². The average molecular weight is 295 g/mol. The van der Waals surface area contributed by atoms with Gasteiger partial charge >= 0.3 is 0 Å². The first kappa shape index (κ1) is 11.8. The van der Waals surface area contributed by atoms with Gasteiger partial charge in [-0.3, -0.25) is 0 Å². The van der Waals surface area contributed by atoms with Crippen molar-refractivity contribution in [2.24, 2.45) is 0 Å². The normalized spacial score (nSPS) is 10.2. The minimum Gasteiger partial charge on any atom is -0.481 e. The van der Waals surface area contributed by atoms with Crippen LogP contribution in [-0.2, 0) is 6.42 Å². The zero-order chi connectivity index (χ0) is 12.3. The fourth-order valence-electron chi connectivity index (χ4n) is 1.32. The lowest BCUT2D eigenvalue weighted by Crippen LogP contribution is -2.01. The number of nitrogens with zero attached hydrogens (tertiary/aromatic N) is 3. The number of nitrogens with two attached hydrogens (primary N) is 1. The highest BCUT2D eigenvalue weighted by molar-refractivity contribution is 9.10. The first-order chi connectivity index (χ1) is 8.19. The van der Waals surface area contributed by atoms with Crippen molar-refractivity contribution >= 4 is 21.7 Å². The summed E-state index contributed by atoms with van der Waals surface area (Å²) < 4.78 is 5.69. The molecule has 0 aliphatic heterocycles. The number of hydrogen-bond donors (Lipinski definition) is 1. The highest BCUT2D eigenvalue weighted by Gasteiger charge is 2.03. The van der Waals surface area contributed by atoms with Crippen molar-refractivity contribution in [1.82, 2.24) is 15.0 Å². The fourth-order valence-corrected chi connectivity index (χ4v) is 1.51. The minimum absolute atomic E-state index is 0.441. The summed E-state index contributed by atoms with van der Waals surface area (Å²) in [7, 11) is 1.58. The molecule has 2 rings (SSSR count). The van der Waals surface area contributed by atoms with Gasteiger partial charge in [-0.25, -0.2) is 15.0 Å². The van der Waals surface area contributed by atoms with Crippen LogP contribution in [0.25, 0.3) is 0 Å². The number of methoxy groups -OCH3 is 1. The second-order valence-corrected chi connectivity index (χ2v) is 4.26. The molecule has 17 heavy (non-hydrogen) atoms. The van der Waals surface area contributed by atoms with Gasteiger partial charge in [-0.2, -0.15) is 0 Å². The zero-order valence-electron chi connectivity index (χ0n) is 9.22. The molecule has 0 bridgehead atoms. The van der Waals surface area contributed by atoms with E-state index in [9.17, 15) is 0 Å². The van der Waals surface area contributed by atoms with E-state index in [0.717, 1.165) is 5.56 Å². The molecule has 2 N–H and O–H groups in total. The predicted octanol–water partition coefficient (Wildman–Crippen LogP) is 1.82. The van der Waals surface area contributed by atoms with Crippen molar-refractivity contribution in [2.45, 2.75) is 6.42 Å². The molecule has 2 aromatic rings. The molecule has 2 aromatic heterocycles. The van der Waals surface area contributed by atoms with Crippen LogP contribution >= 0.6 is 15.9 Å². The van der Waals surface area contributed by atoms with Crippen LogP contribution in [-0.4, -0.2) is 22.1 Å². The number of hydrogen-bond acceptors (Lipinski definition) is 5. The average Bonchev–Trinajstić information content (AvgIpc) is 2.35. The number of rotatable bonds is 3. The molecule has 0 spiro atoms. The molecule has 0 aliphatic rings. The van der Waals surface area contributed by atoms with Crippen LogP contribution in [0.5, 0.6) is 5.88 Å². The Morgan fingerprint density at radius 3 is 2.71 bits per heavy atom.